The van der Waals surface area contributed by atoms with Crippen molar-refractivity contribution in [3.63, 3.8) is 0 Å². The summed E-state index contributed by atoms with van der Waals surface area (Å²) >= 11 is 0. The molecule has 1 aliphatic heterocycles. The van der Waals surface area contributed by atoms with Crippen LogP contribution in [0.15, 0.2) is 54.6 Å². The average molecular weight is 367 g/mol. The van der Waals surface area contributed by atoms with Gasteiger partial charge in [-0.1, -0.05) is 49.4 Å². The number of benzene rings is 2. The van der Waals surface area contributed by atoms with Crippen molar-refractivity contribution in [2.24, 2.45) is 0 Å². The molecule has 0 saturated carbocycles. The number of carbonyl (C=O) groups is 1. The molecule has 0 radical (unpaired) electrons. The fourth-order valence-electron chi connectivity index (χ4n) is 3.81. The first-order valence-corrected chi connectivity index (χ1v) is 9.85. The van der Waals surface area contributed by atoms with Gasteiger partial charge in [0, 0.05) is 25.6 Å². The summed E-state index contributed by atoms with van der Waals surface area (Å²) in [5.74, 6) is 1.55. The van der Waals surface area contributed by atoms with E-state index in [1.54, 1.807) is 7.11 Å². The minimum absolute atomic E-state index is 0.301. The van der Waals surface area contributed by atoms with E-state index in [0.29, 0.717) is 24.3 Å². The van der Waals surface area contributed by atoms with Crippen LogP contribution in [0.4, 0.5) is 0 Å². The Morgan fingerprint density at radius 3 is 2.78 bits per heavy atom. The highest BCUT2D eigenvalue weighted by Crippen LogP contribution is 2.25. The number of hydrogen-bond acceptors (Lipinski definition) is 3. The molecule has 0 bridgehead atoms. The SMILES string of the molecule is COc1cccc(CNCC[C@H]2CCC(=O)N2C[C@@H](C)c2ccccc2)c1. The molecule has 4 heteroatoms. The molecule has 27 heavy (non-hydrogen) atoms. The number of nitrogens with one attached hydrogen (secondary N) is 1. The van der Waals surface area contributed by atoms with E-state index in [4.69, 9.17) is 4.74 Å². The predicted octanol–water partition coefficient (Wildman–Crippen LogP) is 3.97. The molecule has 1 heterocycles. The van der Waals surface area contributed by atoms with Gasteiger partial charge in [0.25, 0.3) is 0 Å². The van der Waals surface area contributed by atoms with Crippen molar-refractivity contribution in [2.75, 3.05) is 20.2 Å². The van der Waals surface area contributed by atoms with Crippen molar-refractivity contribution in [1.82, 2.24) is 10.2 Å². The highest BCUT2D eigenvalue weighted by atomic mass is 16.5. The van der Waals surface area contributed by atoms with Crippen LogP contribution in [0.3, 0.4) is 0 Å². The third-order valence-electron chi connectivity index (χ3n) is 5.41. The van der Waals surface area contributed by atoms with Crippen LogP contribution in [-0.2, 0) is 11.3 Å². The molecule has 3 rings (SSSR count). The Morgan fingerprint density at radius 2 is 2.00 bits per heavy atom. The lowest BCUT2D eigenvalue weighted by Crippen LogP contribution is -2.37. The van der Waals surface area contributed by atoms with Crippen molar-refractivity contribution >= 4 is 5.91 Å². The van der Waals surface area contributed by atoms with Gasteiger partial charge in [0.15, 0.2) is 0 Å². The summed E-state index contributed by atoms with van der Waals surface area (Å²) < 4.78 is 5.27. The van der Waals surface area contributed by atoms with Crippen LogP contribution in [0.2, 0.25) is 0 Å². The standard InChI is InChI=1S/C23H30N2O2/c1-18(20-8-4-3-5-9-20)17-25-21(11-12-23(25)26)13-14-24-16-19-7-6-10-22(15-19)27-2/h3-10,15,18,21,24H,11-14,16-17H2,1-2H3/t18-,21-/m1/s1. The van der Waals surface area contributed by atoms with E-state index < -0.39 is 0 Å². The van der Waals surface area contributed by atoms with Gasteiger partial charge in [0.2, 0.25) is 5.91 Å². The monoisotopic (exact) mass is 366 g/mol. The number of nitrogens with zero attached hydrogens (tertiary/aromatic N) is 1. The first-order valence-electron chi connectivity index (χ1n) is 9.85. The lowest BCUT2D eigenvalue weighted by Gasteiger charge is -2.28. The van der Waals surface area contributed by atoms with Gasteiger partial charge in [-0.05, 0) is 48.6 Å². The van der Waals surface area contributed by atoms with Gasteiger partial charge < -0.3 is 15.0 Å². The van der Waals surface area contributed by atoms with Crippen LogP contribution in [0, 0.1) is 0 Å². The zero-order valence-corrected chi connectivity index (χ0v) is 16.4. The Labute approximate surface area is 162 Å². The summed E-state index contributed by atoms with van der Waals surface area (Å²) in [5.41, 5.74) is 2.51. The maximum atomic E-state index is 12.4. The maximum absolute atomic E-state index is 12.4. The van der Waals surface area contributed by atoms with E-state index in [0.717, 1.165) is 38.2 Å². The van der Waals surface area contributed by atoms with Crippen molar-refractivity contribution in [2.45, 2.75) is 44.7 Å². The van der Waals surface area contributed by atoms with Gasteiger partial charge in [-0.2, -0.15) is 0 Å². The topological polar surface area (TPSA) is 41.6 Å². The molecule has 0 unspecified atom stereocenters. The largest absolute Gasteiger partial charge is 0.497 e. The Morgan fingerprint density at radius 1 is 1.19 bits per heavy atom. The Bertz CT molecular complexity index is 732. The van der Waals surface area contributed by atoms with Crippen molar-refractivity contribution < 1.29 is 9.53 Å². The lowest BCUT2D eigenvalue weighted by molar-refractivity contribution is -0.129. The first kappa shape index (κ1) is 19.4. The number of likely N-dealkylation sites (tertiary alicyclic amines) is 1. The van der Waals surface area contributed by atoms with Crippen LogP contribution >= 0.6 is 0 Å². The Kier molecular flexibility index (Phi) is 6.88. The third-order valence-corrected chi connectivity index (χ3v) is 5.41. The summed E-state index contributed by atoms with van der Waals surface area (Å²) in [7, 11) is 1.69. The molecule has 4 nitrogen and oxygen atoms in total. The molecule has 1 fully saturated rings. The minimum atomic E-state index is 0.301. The van der Waals surface area contributed by atoms with E-state index >= 15 is 0 Å². The molecular formula is C23H30N2O2. The predicted molar refractivity (Wildman–Crippen MR) is 109 cm³/mol. The molecule has 0 aliphatic carbocycles. The van der Waals surface area contributed by atoms with E-state index in [1.807, 2.05) is 18.2 Å². The number of methoxy groups -OCH3 is 1. The highest BCUT2D eigenvalue weighted by molar-refractivity contribution is 5.78. The number of rotatable bonds is 9. The lowest BCUT2D eigenvalue weighted by atomic mass is 10.00. The fraction of sp³-hybridized carbons (Fsp3) is 0.435. The summed E-state index contributed by atoms with van der Waals surface area (Å²) in [6.45, 7) is 4.74. The van der Waals surface area contributed by atoms with E-state index in [9.17, 15) is 4.79 Å². The fourth-order valence-corrected chi connectivity index (χ4v) is 3.81. The Balaban J connectivity index is 1.47. The molecule has 1 aliphatic rings. The summed E-state index contributed by atoms with van der Waals surface area (Å²) in [4.78, 5) is 14.5. The van der Waals surface area contributed by atoms with E-state index in [-0.39, 0.29) is 0 Å². The zero-order valence-electron chi connectivity index (χ0n) is 16.4. The van der Waals surface area contributed by atoms with Crippen molar-refractivity contribution in [1.29, 1.82) is 0 Å². The van der Waals surface area contributed by atoms with Crippen LogP contribution in [-0.4, -0.2) is 37.0 Å². The van der Waals surface area contributed by atoms with Crippen molar-refractivity contribution in [3.05, 3.63) is 65.7 Å². The van der Waals surface area contributed by atoms with Crippen LogP contribution in [0.1, 0.15) is 43.2 Å². The van der Waals surface area contributed by atoms with Gasteiger partial charge in [0.05, 0.1) is 7.11 Å². The smallest absolute Gasteiger partial charge is 0.222 e. The number of ether oxygens (including phenoxy) is 1. The summed E-state index contributed by atoms with van der Waals surface area (Å²) in [6.07, 6.45) is 2.65. The first-order chi connectivity index (χ1) is 13.2. The van der Waals surface area contributed by atoms with E-state index in [1.165, 1.54) is 11.1 Å². The van der Waals surface area contributed by atoms with Crippen LogP contribution < -0.4 is 10.1 Å². The second-order valence-electron chi connectivity index (χ2n) is 7.37. The quantitative estimate of drug-likeness (QED) is 0.683. The molecule has 2 atom stereocenters. The molecule has 2 aromatic carbocycles. The van der Waals surface area contributed by atoms with Gasteiger partial charge in [0.1, 0.15) is 5.75 Å². The Hall–Kier alpha value is -2.33. The van der Waals surface area contributed by atoms with Crippen LogP contribution in [0.5, 0.6) is 5.75 Å². The normalized spacial score (nSPS) is 17.9. The minimum Gasteiger partial charge on any atom is -0.497 e. The van der Waals surface area contributed by atoms with E-state index in [2.05, 4.69) is 53.5 Å². The van der Waals surface area contributed by atoms with Gasteiger partial charge in [-0.15, -0.1) is 0 Å². The molecule has 144 valence electrons. The third kappa shape index (κ3) is 5.33. The molecule has 1 saturated heterocycles. The molecule has 2 aromatic rings. The number of carbonyl (C=O) groups excluding carboxylic acids is 1. The van der Waals surface area contributed by atoms with Gasteiger partial charge in [-0.3, -0.25) is 4.79 Å². The molecule has 0 spiro atoms. The molecule has 1 amide bonds. The molecule has 1 N–H and O–H groups in total. The second-order valence-corrected chi connectivity index (χ2v) is 7.37. The number of amides is 1. The number of hydrogen-bond donors (Lipinski definition) is 1. The van der Waals surface area contributed by atoms with Crippen LogP contribution in [0.25, 0.3) is 0 Å². The summed E-state index contributed by atoms with van der Waals surface area (Å²) in [5, 5.41) is 3.51. The van der Waals surface area contributed by atoms with Gasteiger partial charge in [-0.25, -0.2) is 0 Å². The maximum Gasteiger partial charge on any atom is 0.222 e. The highest BCUT2D eigenvalue weighted by Gasteiger charge is 2.31. The average Bonchev–Trinajstić information content (AvgIpc) is 3.05. The zero-order chi connectivity index (χ0) is 19.1. The summed E-state index contributed by atoms with van der Waals surface area (Å²) in [6, 6.07) is 18.9. The second kappa shape index (κ2) is 9.56. The van der Waals surface area contributed by atoms with Crippen molar-refractivity contribution in [3.8, 4) is 5.75 Å². The molecule has 0 aromatic heterocycles. The van der Waals surface area contributed by atoms with Gasteiger partial charge >= 0.3 is 0 Å². The molecular weight excluding hydrogens is 336 g/mol.